The molecule has 27 heavy (non-hydrogen) atoms. The molecule has 0 amide bonds. The highest BCUT2D eigenvalue weighted by Crippen LogP contribution is 2.31. The molecule has 1 N–H and O–H groups in total. The second-order valence-corrected chi connectivity index (χ2v) is 7.30. The van der Waals surface area contributed by atoms with Crippen molar-refractivity contribution in [3.8, 4) is 23.6 Å². The number of rotatable bonds is 6. The molecule has 144 valence electrons. The van der Waals surface area contributed by atoms with Gasteiger partial charge in [0.1, 0.15) is 11.3 Å². The van der Waals surface area contributed by atoms with Crippen LogP contribution in [0.5, 0.6) is 0 Å². The van der Waals surface area contributed by atoms with Gasteiger partial charge >= 0.3 is 0 Å². The van der Waals surface area contributed by atoms with Gasteiger partial charge in [0.25, 0.3) is 0 Å². The molecule has 1 fully saturated rings. The first-order chi connectivity index (χ1) is 12.9. The van der Waals surface area contributed by atoms with Gasteiger partial charge in [0.15, 0.2) is 0 Å². The highest BCUT2D eigenvalue weighted by molar-refractivity contribution is 5.65. The van der Waals surface area contributed by atoms with Crippen molar-refractivity contribution in [3.63, 3.8) is 0 Å². The predicted octanol–water partition coefficient (Wildman–Crippen LogP) is 2.52. The summed E-state index contributed by atoms with van der Waals surface area (Å²) in [6.45, 7) is 8.03. The molecule has 0 spiro atoms. The quantitative estimate of drug-likeness (QED) is 0.793. The lowest BCUT2D eigenvalue weighted by Crippen LogP contribution is -2.30. The number of aryl methyl sites for hydroxylation is 2. The first-order valence-corrected chi connectivity index (χ1v) is 9.39. The number of hydrogen-bond acceptors (Lipinski definition) is 5. The van der Waals surface area contributed by atoms with Crippen LogP contribution in [-0.2, 0) is 28.0 Å². The number of terminal acetylenes is 1. The maximum absolute atomic E-state index is 10.8. The lowest BCUT2D eigenvalue weighted by Gasteiger charge is -2.24. The van der Waals surface area contributed by atoms with E-state index in [0.29, 0.717) is 37.8 Å². The van der Waals surface area contributed by atoms with Gasteiger partial charge in [-0.05, 0) is 44.4 Å². The van der Waals surface area contributed by atoms with Gasteiger partial charge in [-0.15, -0.1) is 11.5 Å². The van der Waals surface area contributed by atoms with Crippen LogP contribution in [0.15, 0.2) is 18.2 Å². The van der Waals surface area contributed by atoms with Crippen LogP contribution < -0.4 is 0 Å². The smallest absolute Gasteiger partial charge is 0.119 e. The second kappa shape index (κ2) is 8.22. The van der Waals surface area contributed by atoms with Crippen molar-refractivity contribution >= 4 is 0 Å². The lowest BCUT2D eigenvalue weighted by atomic mass is 9.95. The first-order valence-electron chi connectivity index (χ1n) is 9.39. The summed E-state index contributed by atoms with van der Waals surface area (Å²) in [5.41, 5.74) is 3.16. The molecule has 1 aromatic carbocycles. The number of ether oxygens (including phenoxy) is 2. The molecule has 1 atom stereocenters. The van der Waals surface area contributed by atoms with Crippen molar-refractivity contribution in [2.24, 2.45) is 0 Å². The van der Waals surface area contributed by atoms with Crippen molar-refractivity contribution in [3.05, 3.63) is 35.0 Å². The molecule has 2 aromatic rings. The molecule has 0 radical (unpaired) electrons. The van der Waals surface area contributed by atoms with E-state index in [2.05, 4.69) is 23.2 Å². The molecular weight excluding hydrogens is 342 g/mol. The van der Waals surface area contributed by atoms with Crippen molar-refractivity contribution < 1.29 is 14.6 Å². The Kier molecular flexibility index (Phi) is 5.95. The average Bonchev–Trinajstić information content (AvgIpc) is 3.11. The third kappa shape index (κ3) is 4.38. The van der Waals surface area contributed by atoms with E-state index in [1.165, 1.54) is 0 Å². The maximum Gasteiger partial charge on any atom is 0.119 e. The van der Waals surface area contributed by atoms with Gasteiger partial charge in [0.05, 0.1) is 31.6 Å². The zero-order valence-electron chi connectivity index (χ0n) is 16.2. The Balaban J connectivity index is 1.92. The van der Waals surface area contributed by atoms with E-state index in [9.17, 15) is 5.11 Å². The third-order valence-electron chi connectivity index (χ3n) is 4.78. The molecule has 1 aliphatic heterocycles. The Bertz CT molecular complexity index is 824. The summed E-state index contributed by atoms with van der Waals surface area (Å²) in [7, 11) is 0. The molecule has 0 bridgehead atoms. The van der Waals surface area contributed by atoms with Crippen molar-refractivity contribution in [1.29, 1.82) is 0 Å². The maximum atomic E-state index is 10.8. The largest absolute Gasteiger partial charge is 0.384 e. The van der Waals surface area contributed by atoms with Gasteiger partial charge in [-0.2, -0.15) is 0 Å². The Morgan fingerprint density at radius 2 is 2.19 bits per heavy atom. The average molecular weight is 369 g/mol. The van der Waals surface area contributed by atoms with E-state index in [0.717, 1.165) is 29.5 Å². The SMILES string of the molecule is C#Cc1ccc(-c2nnn(CCC3COCCO3)c2C(C)(C)O)cc1CC. The molecule has 1 saturated heterocycles. The number of hydrogen-bond donors (Lipinski definition) is 1. The minimum atomic E-state index is -1.08. The van der Waals surface area contributed by atoms with Crippen LogP contribution in [-0.4, -0.2) is 46.0 Å². The Labute approximate surface area is 160 Å². The topological polar surface area (TPSA) is 69.4 Å². The van der Waals surface area contributed by atoms with Crippen LogP contribution in [0.4, 0.5) is 0 Å². The fourth-order valence-corrected chi connectivity index (χ4v) is 3.41. The molecule has 3 rings (SSSR count). The second-order valence-electron chi connectivity index (χ2n) is 7.30. The highest BCUT2D eigenvalue weighted by Gasteiger charge is 2.29. The number of benzene rings is 1. The van der Waals surface area contributed by atoms with E-state index in [1.807, 2.05) is 18.2 Å². The van der Waals surface area contributed by atoms with Crippen molar-refractivity contribution in [2.75, 3.05) is 19.8 Å². The zero-order valence-corrected chi connectivity index (χ0v) is 16.2. The molecule has 1 unspecified atom stereocenters. The van der Waals surface area contributed by atoms with Crippen molar-refractivity contribution in [1.82, 2.24) is 15.0 Å². The normalized spacial score (nSPS) is 17.7. The van der Waals surface area contributed by atoms with Gasteiger partial charge in [-0.3, -0.25) is 0 Å². The summed E-state index contributed by atoms with van der Waals surface area (Å²) in [6, 6.07) is 5.90. The first kappa shape index (κ1) is 19.6. The Morgan fingerprint density at radius 3 is 2.81 bits per heavy atom. The molecule has 6 nitrogen and oxygen atoms in total. The van der Waals surface area contributed by atoms with Crippen LogP contribution in [0, 0.1) is 12.3 Å². The van der Waals surface area contributed by atoms with Gasteiger partial charge in [-0.1, -0.05) is 24.1 Å². The summed E-state index contributed by atoms with van der Waals surface area (Å²) in [6.07, 6.45) is 7.21. The number of nitrogens with zero attached hydrogens (tertiary/aromatic N) is 3. The fraction of sp³-hybridized carbons (Fsp3) is 0.524. The minimum absolute atomic E-state index is 0.0441. The van der Waals surface area contributed by atoms with E-state index < -0.39 is 5.60 Å². The summed E-state index contributed by atoms with van der Waals surface area (Å²) < 4.78 is 12.9. The van der Waals surface area contributed by atoms with Gasteiger partial charge in [0.2, 0.25) is 0 Å². The lowest BCUT2D eigenvalue weighted by molar-refractivity contribution is -0.0922. The Morgan fingerprint density at radius 1 is 1.37 bits per heavy atom. The summed E-state index contributed by atoms with van der Waals surface area (Å²) in [4.78, 5) is 0. The zero-order chi connectivity index (χ0) is 19.4. The fourth-order valence-electron chi connectivity index (χ4n) is 3.41. The predicted molar refractivity (Wildman–Crippen MR) is 103 cm³/mol. The van der Waals surface area contributed by atoms with Crippen molar-refractivity contribution in [2.45, 2.75) is 51.9 Å². The van der Waals surface area contributed by atoms with E-state index >= 15 is 0 Å². The Hall–Kier alpha value is -2.20. The molecule has 1 aromatic heterocycles. The molecule has 2 heterocycles. The van der Waals surface area contributed by atoms with E-state index in [4.69, 9.17) is 15.9 Å². The van der Waals surface area contributed by atoms with Crippen LogP contribution >= 0.6 is 0 Å². The van der Waals surface area contributed by atoms with Crippen LogP contribution in [0.3, 0.4) is 0 Å². The van der Waals surface area contributed by atoms with Crippen LogP contribution in [0.2, 0.25) is 0 Å². The third-order valence-corrected chi connectivity index (χ3v) is 4.78. The van der Waals surface area contributed by atoms with E-state index in [1.54, 1.807) is 18.5 Å². The van der Waals surface area contributed by atoms with Gasteiger partial charge < -0.3 is 14.6 Å². The summed E-state index contributed by atoms with van der Waals surface area (Å²) in [5, 5.41) is 19.5. The van der Waals surface area contributed by atoms with E-state index in [-0.39, 0.29) is 6.10 Å². The summed E-state index contributed by atoms with van der Waals surface area (Å²) in [5.74, 6) is 2.72. The molecule has 0 aliphatic carbocycles. The standard InChI is InChI=1S/C21H27N3O3/c1-5-15-7-8-17(13-16(15)6-2)19-20(21(3,4)25)24(23-22-19)10-9-18-14-26-11-12-27-18/h1,7-8,13,18,25H,6,9-12,14H2,2-4H3. The molecule has 6 heteroatoms. The van der Waals surface area contributed by atoms with Gasteiger partial charge in [-0.25, -0.2) is 4.68 Å². The molecule has 0 saturated carbocycles. The number of aromatic nitrogens is 3. The molecule has 1 aliphatic rings. The monoisotopic (exact) mass is 369 g/mol. The molecular formula is C21H27N3O3. The van der Waals surface area contributed by atoms with Crippen LogP contribution in [0.1, 0.15) is 44.0 Å². The highest BCUT2D eigenvalue weighted by atomic mass is 16.6. The van der Waals surface area contributed by atoms with Gasteiger partial charge in [0, 0.05) is 17.7 Å². The minimum Gasteiger partial charge on any atom is -0.384 e. The number of aliphatic hydroxyl groups is 1. The van der Waals surface area contributed by atoms with Crippen LogP contribution in [0.25, 0.3) is 11.3 Å². The summed E-state index contributed by atoms with van der Waals surface area (Å²) >= 11 is 0.